The van der Waals surface area contributed by atoms with E-state index in [0.29, 0.717) is 0 Å². The number of rotatable bonds is 11. The SMILES string of the molecule is C(CCC1CCC1)COCCOCCC1CCC1. The maximum absolute atomic E-state index is 5.59. The second-order valence-corrected chi connectivity index (χ2v) is 6.10. The number of hydrogen-bond acceptors (Lipinski definition) is 2. The van der Waals surface area contributed by atoms with Gasteiger partial charge < -0.3 is 9.47 Å². The molecule has 0 atom stereocenters. The molecule has 0 saturated heterocycles. The van der Waals surface area contributed by atoms with Gasteiger partial charge in [0.05, 0.1) is 13.2 Å². The molecule has 0 heterocycles. The van der Waals surface area contributed by atoms with Crippen LogP contribution >= 0.6 is 0 Å². The van der Waals surface area contributed by atoms with Crippen LogP contribution in [-0.4, -0.2) is 26.4 Å². The number of unbranched alkanes of at least 4 members (excludes halogenated alkanes) is 1. The summed E-state index contributed by atoms with van der Waals surface area (Å²) in [6.45, 7) is 3.44. The first-order valence-corrected chi connectivity index (χ1v) is 8.10. The highest BCUT2D eigenvalue weighted by Crippen LogP contribution is 2.30. The Morgan fingerprint density at radius 1 is 0.611 bits per heavy atom. The largest absolute Gasteiger partial charge is 0.379 e. The highest BCUT2D eigenvalue weighted by molar-refractivity contribution is 4.69. The van der Waals surface area contributed by atoms with Crippen LogP contribution in [0.15, 0.2) is 0 Å². The van der Waals surface area contributed by atoms with Crippen molar-refractivity contribution in [2.75, 3.05) is 26.4 Å². The van der Waals surface area contributed by atoms with Crippen LogP contribution in [-0.2, 0) is 9.47 Å². The molecule has 0 radical (unpaired) electrons. The standard InChI is InChI=1S/C16H30O2/c1(5-15-6-3-7-15)2-11-17-13-14-18-12-10-16-8-4-9-16/h15-16H,1-14H2. The molecule has 2 rings (SSSR count). The van der Waals surface area contributed by atoms with Gasteiger partial charge in [0, 0.05) is 13.2 Å². The lowest BCUT2D eigenvalue weighted by atomic mass is 9.82. The minimum Gasteiger partial charge on any atom is -0.379 e. The summed E-state index contributed by atoms with van der Waals surface area (Å²) in [5.41, 5.74) is 0. The Morgan fingerprint density at radius 2 is 1.22 bits per heavy atom. The van der Waals surface area contributed by atoms with E-state index in [1.54, 1.807) is 0 Å². The van der Waals surface area contributed by atoms with Crippen LogP contribution in [0.3, 0.4) is 0 Å². The van der Waals surface area contributed by atoms with Gasteiger partial charge in [-0.2, -0.15) is 0 Å². The fourth-order valence-corrected chi connectivity index (χ4v) is 2.77. The van der Waals surface area contributed by atoms with Crippen molar-refractivity contribution in [3.63, 3.8) is 0 Å². The van der Waals surface area contributed by atoms with Crippen molar-refractivity contribution in [3.8, 4) is 0 Å². The van der Waals surface area contributed by atoms with Crippen LogP contribution in [0.2, 0.25) is 0 Å². The molecule has 0 aromatic rings. The molecule has 106 valence electrons. The quantitative estimate of drug-likeness (QED) is 0.515. The molecule has 2 saturated carbocycles. The van der Waals surface area contributed by atoms with E-state index in [-0.39, 0.29) is 0 Å². The van der Waals surface area contributed by atoms with Gasteiger partial charge in [-0.15, -0.1) is 0 Å². The van der Waals surface area contributed by atoms with Gasteiger partial charge in [-0.25, -0.2) is 0 Å². The van der Waals surface area contributed by atoms with Crippen molar-refractivity contribution in [3.05, 3.63) is 0 Å². The van der Waals surface area contributed by atoms with Crippen molar-refractivity contribution in [1.29, 1.82) is 0 Å². The summed E-state index contributed by atoms with van der Waals surface area (Å²) in [5, 5.41) is 0. The molecule has 0 N–H and O–H groups in total. The Labute approximate surface area is 112 Å². The van der Waals surface area contributed by atoms with Gasteiger partial charge in [0.15, 0.2) is 0 Å². The smallest absolute Gasteiger partial charge is 0.0700 e. The van der Waals surface area contributed by atoms with E-state index in [2.05, 4.69) is 0 Å². The van der Waals surface area contributed by atoms with Crippen LogP contribution in [0.1, 0.15) is 64.2 Å². The van der Waals surface area contributed by atoms with Crippen LogP contribution in [0.25, 0.3) is 0 Å². The van der Waals surface area contributed by atoms with E-state index in [1.807, 2.05) is 0 Å². The summed E-state index contributed by atoms with van der Waals surface area (Å²) in [4.78, 5) is 0. The first-order chi connectivity index (χ1) is 8.95. The zero-order valence-corrected chi connectivity index (χ0v) is 11.9. The molecule has 2 fully saturated rings. The summed E-state index contributed by atoms with van der Waals surface area (Å²) in [5.74, 6) is 2.03. The van der Waals surface area contributed by atoms with Crippen molar-refractivity contribution >= 4 is 0 Å². The summed E-state index contributed by atoms with van der Waals surface area (Å²) >= 11 is 0. The maximum Gasteiger partial charge on any atom is 0.0700 e. The van der Waals surface area contributed by atoms with E-state index < -0.39 is 0 Å². The average Bonchev–Trinajstić information content (AvgIpc) is 2.26. The van der Waals surface area contributed by atoms with Gasteiger partial charge in [0.25, 0.3) is 0 Å². The Bertz CT molecular complexity index is 175. The van der Waals surface area contributed by atoms with Crippen LogP contribution in [0, 0.1) is 11.8 Å². The van der Waals surface area contributed by atoms with E-state index in [0.717, 1.165) is 38.3 Å². The summed E-state index contributed by atoms with van der Waals surface area (Å²) < 4.78 is 11.2. The third-order valence-electron chi connectivity index (χ3n) is 4.64. The lowest BCUT2D eigenvalue weighted by molar-refractivity contribution is 0.0373. The van der Waals surface area contributed by atoms with Crippen molar-refractivity contribution in [2.24, 2.45) is 11.8 Å². The van der Waals surface area contributed by atoms with Gasteiger partial charge in [-0.05, 0) is 24.7 Å². The van der Waals surface area contributed by atoms with Gasteiger partial charge >= 0.3 is 0 Å². The lowest BCUT2D eigenvalue weighted by Crippen LogP contribution is -2.14. The summed E-state index contributed by atoms with van der Waals surface area (Å²) in [6.07, 6.45) is 14.0. The molecular weight excluding hydrogens is 224 g/mol. The molecular formula is C16H30O2. The molecule has 2 aliphatic rings. The molecule has 0 spiro atoms. The summed E-state index contributed by atoms with van der Waals surface area (Å²) in [6, 6.07) is 0. The zero-order chi connectivity index (χ0) is 12.5. The molecule has 2 aliphatic carbocycles. The maximum atomic E-state index is 5.59. The van der Waals surface area contributed by atoms with Crippen LogP contribution in [0.4, 0.5) is 0 Å². The molecule has 0 bridgehead atoms. The zero-order valence-electron chi connectivity index (χ0n) is 11.9. The Morgan fingerprint density at radius 3 is 1.83 bits per heavy atom. The van der Waals surface area contributed by atoms with E-state index in [4.69, 9.17) is 9.47 Å². The van der Waals surface area contributed by atoms with Crippen LogP contribution in [0.5, 0.6) is 0 Å². The van der Waals surface area contributed by atoms with Gasteiger partial charge in [0.1, 0.15) is 0 Å². The minimum atomic E-state index is 0.786. The monoisotopic (exact) mass is 254 g/mol. The highest BCUT2D eigenvalue weighted by atomic mass is 16.5. The fourth-order valence-electron chi connectivity index (χ4n) is 2.77. The molecule has 0 aromatic carbocycles. The molecule has 18 heavy (non-hydrogen) atoms. The van der Waals surface area contributed by atoms with Crippen molar-refractivity contribution < 1.29 is 9.47 Å². The Kier molecular flexibility index (Phi) is 7.11. The fraction of sp³-hybridized carbons (Fsp3) is 1.00. The van der Waals surface area contributed by atoms with E-state index >= 15 is 0 Å². The van der Waals surface area contributed by atoms with E-state index in [9.17, 15) is 0 Å². The van der Waals surface area contributed by atoms with Crippen molar-refractivity contribution in [1.82, 2.24) is 0 Å². The van der Waals surface area contributed by atoms with Crippen molar-refractivity contribution in [2.45, 2.75) is 64.2 Å². The Hall–Kier alpha value is -0.0800. The molecule has 2 heteroatoms. The number of hydrogen-bond donors (Lipinski definition) is 0. The second kappa shape index (κ2) is 8.92. The van der Waals surface area contributed by atoms with Gasteiger partial charge in [0.2, 0.25) is 0 Å². The van der Waals surface area contributed by atoms with Crippen LogP contribution < -0.4 is 0 Å². The van der Waals surface area contributed by atoms with E-state index in [1.165, 1.54) is 64.2 Å². The molecule has 0 aliphatic heterocycles. The molecule has 0 aromatic heterocycles. The molecule has 0 unspecified atom stereocenters. The van der Waals surface area contributed by atoms with Gasteiger partial charge in [-0.1, -0.05) is 51.4 Å². The topological polar surface area (TPSA) is 18.5 Å². The first-order valence-electron chi connectivity index (χ1n) is 8.10. The second-order valence-electron chi connectivity index (χ2n) is 6.10. The normalized spacial score (nSPS) is 20.7. The summed E-state index contributed by atoms with van der Waals surface area (Å²) in [7, 11) is 0. The third-order valence-corrected chi connectivity index (χ3v) is 4.64. The predicted molar refractivity (Wildman–Crippen MR) is 74.8 cm³/mol. The highest BCUT2D eigenvalue weighted by Gasteiger charge is 2.16. The predicted octanol–water partition coefficient (Wildman–Crippen LogP) is 4.18. The molecule has 0 amide bonds. The number of ether oxygens (including phenoxy) is 2. The average molecular weight is 254 g/mol. The Balaban J connectivity index is 1.23. The molecule has 2 nitrogen and oxygen atoms in total. The van der Waals surface area contributed by atoms with Gasteiger partial charge in [-0.3, -0.25) is 0 Å². The minimum absolute atomic E-state index is 0.786. The first kappa shape index (κ1) is 14.3. The lowest BCUT2D eigenvalue weighted by Gasteiger charge is -2.25. The third kappa shape index (κ3) is 5.71.